The number of carbonyl (C=O) groups is 2. The summed E-state index contributed by atoms with van der Waals surface area (Å²) >= 11 is 2.63. The van der Waals surface area contributed by atoms with Crippen LogP contribution < -0.4 is 5.73 Å². The largest absolute Gasteiger partial charge is 0.481 e. The van der Waals surface area contributed by atoms with Crippen molar-refractivity contribution in [2.45, 2.75) is 30.0 Å². The van der Waals surface area contributed by atoms with Gasteiger partial charge in [0.25, 0.3) is 0 Å². The molecule has 0 spiro atoms. The first-order valence-electron chi connectivity index (χ1n) is 7.05. The Balaban J connectivity index is 1.75. The Hall–Kier alpha value is -1.46. The van der Waals surface area contributed by atoms with Crippen LogP contribution >= 0.6 is 23.5 Å². The first kappa shape index (κ1) is 16.4. The summed E-state index contributed by atoms with van der Waals surface area (Å²) in [5, 5.41) is 27.1. The fourth-order valence-corrected chi connectivity index (χ4v) is 5.48. The van der Waals surface area contributed by atoms with Crippen LogP contribution in [-0.2, 0) is 16.1 Å². The van der Waals surface area contributed by atoms with Crippen LogP contribution in [0.15, 0.2) is 5.16 Å². The summed E-state index contributed by atoms with van der Waals surface area (Å²) in [6.07, 6.45) is 0. The number of aromatic hydroxyl groups is 1. The molecule has 3 rings (SSSR count). The predicted molar refractivity (Wildman–Crippen MR) is 84.1 cm³/mol. The van der Waals surface area contributed by atoms with Gasteiger partial charge in [0.15, 0.2) is 5.16 Å². The third kappa shape index (κ3) is 2.56. The second kappa shape index (κ2) is 5.87. The summed E-state index contributed by atoms with van der Waals surface area (Å²) in [7, 11) is 0. The summed E-state index contributed by atoms with van der Waals surface area (Å²) < 4.78 is 1.50. The van der Waals surface area contributed by atoms with Crippen molar-refractivity contribution in [3.8, 4) is 6.01 Å². The van der Waals surface area contributed by atoms with Crippen LogP contribution in [0.1, 0.15) is 6.92 Å². The number of rotatable bonds is 5. The molecule has 2 aliphatic rings. The van der Waals surface area contributed by atoms with Crippen molar-refractivity contribution >= 4 is 35.4 Å². The summed E-state index contributed by atoms with van der Waals surface area (Å²) in [4.78, 5) is 25.2. The zero-order valence-corrected chi connectivity index (χ0v) is 14.0. The maximum atomic E-state index is 11.8. The highest BCUT2D eigenvalue weighted by Crippen LogP contribution is 2.43. The van der Waals surface area contributed by atoms with Gasteiger partial charge in [-0.05, 0) is 6.92 Å². The standard InChI is InChI=1S/C12H17N5O4S2/c1-2-16-10(21)14-15-11(16)23-5-12(9(19)20)3-17-7(18)6(13)8(17)22-4-12/h6,8H,2-5,13H2,1H3,(H,14,21)(H,19,20)/t6?,8-,12?/m1/s1. The molecule has 11 heteroatoms. The van der Waals surface area contributed by atoms with E-state index < -0.39 is 17.4 Å². The number of aliphatic carboxylic acids is 1. The Morgan fingerprint density at radius 1 is 1.57 bits per heavy atom. The van der Waals surface area contributed by atoms with Crippen molar-refractivity contribution in [2.24, 2.45) is 11.1 Å². The topological polar surface area (TPSA) is 135 Å². The van der Waals surface area contributed by atoms with Crippen molar-refractivity contribution in [3.05, 3.63) is 0 Å². The van der Waals surface area contributed by atoms with Gasteiger partial charge in [0, 0.05) is 24.6 Å². The van der Waals surface area contributed by atoms with E-state index in [1.807, 2.05) is 6.92 Å². The molecule has 0 aromatic carbocycles. The van der Waals surface area contributed by atoms with E-state index in [1.54, 1.807) is 0 Å². The number of amides is 1. The SMILES string of the molecule is CCn1c(O)nnc1SCC1(C(=O)O)CS[C@@H]2C(N)C(=O)N2C1. The van der Waals surface area contributed by atoms with Crippen LogP contribution in [0.4, 0.5) is 0 Å². The van der Waals surface area contributed by atoms with Gasteiger partial charge in [-0.3, -0.25) is 14.2 Å². The fraction of sp³-hybridized carbons (Fsp3) is 0.667. The molecule has 1 aromatic rings. The Labute approximate surface area is 140 Å². The molecule has 2 aliphatic heterocycles. The summed E-state index contributed by atoms with van der Waals surface area (Å²) in [5.74, 6) is -0.536. The van der Waals surface area contributed by atoms with Gasteiger partial charge in [-0.15, -0.1) is 16.9 Å². The number of thioether (sulfide) groups is 2. The van der Waals surface area contributed by atoms with E-state index in [0.717, 1.165) is 0 Å². The molecule has 1 aromatic heterocycles. The Bertz CT molecular complexity index is 653. The Morgan fingerprint density at radius 3 is 2.96 bits per heavy atom. The maximum Gasteiger partial charge on any atom is 0.315 e. The number of fused-ring (bicyclic) bond motifs is 1. The molecule has 2 fully saturated rings. The summed E-state index contributed by atoms with van der Waals surface area (Å²) in [6, 6.07) is -0.721. The van der Waals surface area contributed by atoms with Crippen LogP contribution in [0.25, 0.3) is 0 Å². The zero-order valence-electron chi connectivity index (χ0n) is 12.4. The first-order valence-corrected chi connectivity index (χ1v) is 9.09. The molecule has 4 N–H and O–H groups in total. The Kier molecular flexibility index (Phi) is 4.19. The minimum Gasteiger partial charge on any atom is -0.481 e. The van der Waals surface area contributed by atoms with E-state index in [2.05, 4.69) is 10.2 Å². The van der Waals surface area contributed by atoms with E-state index >= 15 is 0 Å². The monoisotopic (exact) mass is 359 g/mol. The van der Waals surface area contributed by atoms with Crippen molar-refractivity contribution in [1.29, 1.82) is 0 Å². The van der Waals surface area contributed by atoms with Crippen LogP contribution in [0.3, 0.4) is 0 Å². The van der Waals surface area contributed by atoms with Crippen molar-refractivity contribution in [2.75, 3.05) is 18.1 Å². The van der Waals surface area contributed by atoms with Crippen molar-refractivity contribution < 1.29 is 19.8 Å². The molecule has 23 heavy (non-hydrogen) atoms. The Morgan fingerprint density at radius 2 is 2.30 bits per heavy atom. The van der Waals surface area contributed by atoms with Gasteiger partial charge in [0.1, 0.15) is 16.8 Å². The molecule has 2 unspecified atom stereocenters. The predicted octanol–water partition coefficient (Wildman–Crippen LogP) is -0.591. The number of β-lactam (4-membered cyclic amide) rings is 1. The molecule has 0 bridgehead atoms. The maximum absolute atomic E-state index is 11.8. The highest BCUT2D eigenvalue weighted by Gasteiger charge is 2.55. The number of nitrogens with two attached hydrogens (primary N) is 1. The molecule has 126 valence electrons. The van der Waals surface area contributed by atoms with Gasteiger partial charge in [0.05, 0.1) is 0 Å². The lowest BCUT2D eigenvalue weighted by Crippen LogP contribution is -2.72. The average Bonchev–Trinajstić information content (AvgIpc) is 2.91. The van der Waals surface area contributed by atoms with Gasteiger partial charge in [-0.25, -0.2) is 0 Å². The lowest BCUT2D eigenvalue weighted by molar-refractivity contribution is -0.155. The molecule has 0 radical (unpaired) electrons. The van der Waals surface area contributed by atoms with E-state index in [9.17, 15) is 19.8 Å². The highest BCUT2D eigenvalue weighted by molar-refractivity contribution is 8.00. The summed E-state index contributed by atoms with van der Waals surface area (Å²) in [5.41, 5.74) is 4.67. The fourth-order valence-electron chi connectivity index (χ4n) is 2.67. The molecule has 0 saturated carbocycles. The van der Waals surface area contributed by atoms with Gasteiger partial charge >= 0.3 is 12.0 Å². The van der Waals surface area contributed by atoms with Crippen LogP contribution in [0, 0.1) is 5.41 Å². The molecular weight excluding hydrogens is 342 g/mol. The van der Waals surface area contributed by atoms with E-state index in [-0.39, 0.29) is 29.6 Å². The molecule has 0 aliphatic carbocycles. The number of hydrogen-bond donors (Lipinski definition) is 3. The average molecular weight is 359 g/mol. The number of nitrogens with zero attached hydrogens (tertiary/aromatic N) is 4. The lowest BCUT2D eigenvalue weighted by atomic mass is 9.89. The molecule has 9 nitrogen and oxygen atoms in total. The van der Waals surface area contributed by atoms with Gasteiger partial charge < -0.3 is 20.8 Å². The molecule has 1 amide bonds. The normalized spacial score (nSPS) is 30.0. The van der Waals surface area contributed by atoms with Gasteiger partial charge in [0.2, 0.25) is 5.91 Å². The molecular formula is C12H17N5O4S2. The zero-order chi connectivity index (χ0) is 16.8. The molecule has 2 saturated heterocycles. The van der Waals surface area contributed by atoms with E-state index in [0.29, 0.717) is 17.5 Å². The molecule has 3 atom stereocenters. The minimum absolute atomic E-state index is 0.122. The van der Waals surface area contributed by atoms with E-state index in [4.69, 9.17) is 5.73 Å². The van der Waals surface area contributed by atoms with Gasteiger partial charge in [-0.2, -0.15) is 0 Å². The van der Waals surface area contributed by atoms with Crippen LogP contribution in [-0.4, -0.2) is 71.2 Å². The third-order valence-electron chi connectivity index (χ3n) is 4.13. The second-order valence-corrected chi connectivity index (χ2v) is 7.64. The minimum atomic E-state index is -1.07. The van der Waals surface area contributed by atoms with Gasteiger partial charge in [-0.1, -0.05) is 16.9 Å². The number of carboxylic acids is 1. The number of hydrogen-bond acceptors (Lipinski definition) is 8. The second-order valence-electron chi connectivity index (χ2n) is 5.59. The highest BCUT2D eigenvalue weighted by atomic mass is 32.2. The van der Waals surface area contributed by atoms with Crippen LogP contribution in [0.2, 0.25) is 0 Å². The molecule has 3 heterocycles. The summed E-state index contributed by atoms with van der Waals surface area (Å²) in [6.45, 7) is 2.46. The third-order valence-corrected chi connectivity index (χ3v) is 7.00. The van der Waals surface area contributed by atoms with E-state index in [1.165, 1.54) is 33.0 Å². The number of carboxylic acid groups (broad SMARTS) is 1. The smallest absolute Gasteiger partial charge is 0.315 e. The van der Waals surface area contributed by atoms with Crippen LogP contribution in [0.5, 0.6) is 6.01 Å². The first-order chi connectivity index (χ1) is 10.9. The number of aromatic nitrogens is 3. The quantitative estimate of drug-likeness (QED) is 0.465. The lowest BCUT2D eigenvalue weighted by Gasteiger charge is -2.52. The van der Waals surface area contributed by atoms with Crippen molar-refractivity contribution in [1.82, 2.24) is 19.7 Å². The van der Waals surface area contributed by atoms with Crippen molar-refractivity contribution in [3.63, 3.8) is 0 Å². The number of carbonyl (C=O) groups excluding carboxylic acids is 1.